The molecule has 142 valence electrons. The molecule has 0 spiro atoms. The van der Waals surface area contributed by atoms with Gasteiger partial charge < -0.3 is 0 Å². The van der Waals surface area contributed by atoms with Gasteiger partial charge in [-0.1, -0.05) is 0 Å². The molecule has 0 bridgehead atoms. The minimum absolute atomic E-state index is 0.213. The van der Waals surface area contributed by atoms with E-state index in [0.29, 0.717) is 0 Å². The molecule has 3 aromatic rings. The maximum atomic E-state index is 9.81. The summed E-state index contributed by atoms with van der Waals surface area (Å²) in [4.78, 5) is 0. The predicted octanol–water partition coefficient (Wildman–Crippen LogP) is 5.17. The van der Waals surface area contributed by atoms with Gasteiger partial charge in [-0.15, -0.1) is 0 Å². The summed E-state index contributed by atoms with van der Waals surface area (Å²) in [6.07, 6.45) is 1.75. The number of aliphatic hydroxyl groups is 1. The molecule has 0 fully saturated rings. The molecule has 0 heterocycles. The SMILES string of the molecule is Cc1ccccc1P(I)(CCCO)(c1ccccc1C)c1ccccc1C. The van der Waals surface area contributed by atoms with Crippen LogP contribution in [0.2, 0.25) is 0 Å². The van der Waals surface area contributed by atoms with Crippen molar-refractivity contribution in [2.45, 2.75) is 27.2 Å². The summed E-state index contributed by atoms with van der Waals surface area (Å²) in [7, 11) is 0. The second-order valence-corrected chi connectivity index (χ2v) is 18.0. The van der Waals surface area contributed by atoms with Crippen molar-refractivity contribution >= 4 is 42.2 Å². The zero-order chi connectivity index (χ0) is 19.5. The summed E-state index contributed by atoms with van der Waals surface area (Å²) < 4.78 is -2.79. The summed E-state index contributed by atoms with van der Waals surface area (Å²) in [5, 5.41) is 14.1. The van der Waals surface area contributed by atoms with Crippen LogP contribution >= 0.6 is 26.3 Å². The number of aliphatic hydroxyl groups excluding tert-OH is 1. The van der Waals surface area contributed by atoms with Gasteiger partial charge in [0, 0.05) is 0 Å². The van der Waals surface area contributed by atoms with Crippen molar-refractivity contribution in [3.8, 4) is 0 Å². The summed E-state index contributed by atoms with van der Waals surface area (Å²) in [6, 6.07) is 26.5. The Morgan fingerprint density at radius 3 is 1.30 bits per heavy atom. The van der Waals surface area contributed by atoms with Crippen LogP contribution in [0.4, 0.5) is 0 Å². The molecule has 1 N–H and O–H groups in total. The Morgan fingerprint density at radius 2 is 1.00 bits per heavy atom. The Balaban J connectivity index is 2.53. The first-order chi connectivity index (χ1) is 12.9. The molecule has 0 saturated carbocycles. The zero-order valence-corrected chi connectivity index (χ0v) is 19.4. The standard InChI is InChI=1S/C24H28IOP/c1-19-11-4-7-14-22(19)27(25,18-10-17-26,23-15-8-5-12-20(23)2)24-16-9-6-13-21(24)3/h4-9,11-16,26H,10,17-18H2,1-3H3. The summed E-state index contributed by atoms with van der Waals surface area (Å²) in [5.41, 5.74) is 3.98. The summed E-state index contributed by atoms with van der Waals surface area (Å²) in [5.74, 6) is 0. The summed E-state index contributed by atoms with van der Waals surface area (Å²) in [6.45, 7) is 6.89. The molecular formula is C24H28IOP. The van der Waals surface area contributed by atoms with E-state index < -0.39 is 4.25 Å². The average Bonchev–Trinajstić information content (AvgIpc) is 2.67. The summed E-state index contributed by atoms with van der Waals surface area (Å²) >= 11 is 2.83. The van der Waals surface area contributed by atoms with Gasteiger partial charge in [-0.3, -0.25) is 0 Å². The number of hydrogen-bond donors (Lipinski definition) is 1. The minimum atomic E-state index is -2.79. The van der Waals surface area contributed by atoms with E-state index in [2.05, 4.69) is 116 Å². The Morgan fingerprint density at radius 1 is 0.667 bits per heavy atom. The van der Waals surface area contributed by atoms with Crippen LogP contribution in [0.15, 0.2) is 72.8 Å². The number of rotatable bonds is 6. The molecule has 0 amide bonds. The number of benzene rings is 3. The Bertz CT molecular complexity index is 837. The van der Waals surface area contributed by atoms with Crippen molar-refractivity contribution in [3.05, 3.63) is 89.5 Å². The van der Waals surface area contributed by atoms with Gasteiger partial charge in [-0.2, -0.15) is 0 Å². The third-order valence-corrected chi connectivity index (χ3v) is 17.4. The fourth-order valence-electron chi connectivity index (χ4n) is 4.38. The van der Waals surface area contributed by atoms with E-state index in [0.717, 1.165) is 12.6 Å². The first-order valence-corrected chi connectivity index (χ1v) is 14.7. The predicted molar refractivity (Wildman–Crippen MR) is 130 cm³/mol. The topological polar surface area (TPSA) is 20.2 Å². The van der Waals surface area contributed by atoms with Gasteiger partial charge in [0.05, 0.1) is 0 Å². The molecule has 27 heavy (non-hydrogen) atoms. The van der Waals surface area contributed by atoms with Gasteiger partial charge in [-0.05, 0) is 0 Å². The number of hydrogen-bond acceptors (Lipinski definition) is 1. The van der Waals surface area contributed by atoms with Gasteiger partial charge in [-0.25, -0.2) is 0 Å². The Kier molecular flexibility index (Phi) is 6.10. The van der Waals surface area contributed by atoms with Crippen LogP contribution in [0.1, 0.15) is 23.1 Å². The van der Waals surface area contributed by atoms with Crippen molar-refractivity contribution < 1.29 is 5.11 Å². The van der Waals surface area contributed by atoms with Crippen LogP contribution in [0.25, 0.3) is 0 Å². The van der Waals surface area contributed by atoms with Crippen LogP contribution in [-0.4, -0.2) is 17.9 Å². The van der Waals surface area contributed by atoms with E-state index in [1.807, 2.05) is 0 Å². The van der Waals surface area contributed by atoms with Gasteiger partial charge >= 0.3 is 177 Å². The second kappa shape index (κ2) is 8.03. The van der Waals surface area contributed by atoms with Crippen molar-refractivity contribution in [2.24, 2.45) is 0 Å². The molecule has 1 nitrogen and oxygen atoms in total. The molecule has 0 radical (unpaired) electrons. The molecule has 0 aromatic heterocycles. The van der Waals surface area contributed by atoms with Gasteiger partial charge in [0.2, 0.25) is 0 Å². The van der Waals surface area contributed by atoms with Crippen LogP contribution in [0, 0.1) is 20.8 Å². The monoisotopic (exact) mass is 490 g/mol. The average molecular weight is 490 g/mol. The van der Waals surface area contributed by atoms with Crippen molar-refractivity contribution in [1.82, 2.24) is 0 Å². The van der Waals surface area contributed by atoms with Gasteiger partial charge in [0.1, 0.15) is 0 Å². The van der Waals surface area contributed by atoms with E-state index in [1.165, 1.54) is 32.6 Å². The Labute approximate surface area is 176 Å². The molecule has 0 saturated heterocycles. The third kappa shape index (κ3) is 3.37. The third-order valence-electron chi connectivity index (χ3n) is 5.59. The number of aryl methyl sites for hydroxylation is 3. The molecule has 0 atom stereocenters. The van der Waals surface area contributed by atoms with Gasteiger partial charge in [0.15, 0.2) is 0 Å². The fourth-order valence-corrected chi connectivity index (χ4v) is 16.1. The molecule has 3 heteroatoms. The molecule has 0 aliphatic heterocycles. The fraction of sp³-hybridized carbons (Fsp3) is 0.250. The van der Waals surface area contributed by atoms with Crippen LogP contribution in [0.3, 0.4) is 0 Å². The normalized spacial score (nSPS) is 13.1. The first-order valence-electron chi connectivity index (χ1n) is 9.45. The first kappa shape index (κ1) is 20.5. The molecular weight excluding hydrogens is 462 g/mol. The van der Waals surface area contributed by atoms with Crippen molar-refractivity contribution in [1.29, 1.82) is 0 Å². The molecule has 0 aliphatic carbocycles. The van der Waals surface area contributed by atoms with Crippen LogP contribution in [-0.2, 0) is 0 Å². The molecule has 0 unspecified atom stereocenters. The van der Waals surface area contributed by atoms with Crippen LogP contribution in [0.5, 0.6) is 0 Å². The quantitative estimate of drug-likeness (QED) is 0.373. The Hall–Kier alpha value is -1.22. The van der Waals surface area contributed by atoms with E-state index >= 15 is 0 Å². The van der Waals surface area contributed by atoms with E-state index in [-0.39, 0.29) is 6.61 Å². The van der Waals surface area contributed by atoms with Gasteiger partial charge in [0.25, 0.3) is 0 Å². The van der Waals surface area contributed by atoms with Crippen molar-refractivity contribution in [2.75, 3.05) is 12.8 Å². The van der Waals surface area contributed by atoms with Crippen LogP contribution < -0.4 is 15.9 Å². The van der Waals surface area contributed by atoms with E-state index in [4.69, 9.17) is 0 Å². The second-order valence-electron chi connectivity index (χ2n) is 7.34. The van der Waals surface area contributed by atoms with E-state index in [9.17, 15) is 5.11 Å². The number of halogens is 1. The molecule has 0 aliphatic rings. The molecule has 3 aromatic carbocycles. The molecule has 3 rings (SSSR count). The maximum absolute atomic E-state index is 9.81. The van der Waals surface area contributed by atoms with E-state index in [1.54, 1.807) is 0 Å². The zero-order valence-electron chi connectivity index (χ0n) is 16.3. The van der Waals surface area contributed by atoms with Crippen molar-refractivity contribution in [3.63, 3.8) is 0 Å².